The summed E-state index contributed by atoms with van der Waals surface area (Å²) in [5.74, 6) is -0.194. The van der Waals surface area contributed by atoms with Crippen molar-refractivity contribution in [3.8, 4) is 22.3 Å². The summed E-state index contributed by atoms with van der Waals surface area (Å²) in [4.78, 5) is 20.9. The van der Waals surface area contributed by atoms with Crippen molar-refractivity contribution >= 4 is 17.7 Å². The van der Waals surface area contributed by atoms with E-state index < -0.39 is 0 Å². The van der Waals surface area contributed by atoms with Crippen molar-refractivity contribution in [2.24, 2.45) is 0 Å². The predicted octanol–water partition coefficient (Wildman–Crippen LogP) is 5.30. The summed E-state index contributed by atoms with van der Waals surface area (Å²) in [6, 6.07) is 14.3. The van der Waals surface area contributed by atoms with Gasteiger partial charge < -0.3 is 5.32 Å². The Morgan fingerprint density at radius 2 is 1.88 bits per heavy atom. The molecule has 1 aliphatic rings. The molecular weight excluding hydrogens is 398 g/mol. The average molecular weight is 422 g/mol. The monoisotopic (exact) mass is 421 g/mol. The molecule has 32 heavy (non-hydrogen) atoms. The summed E-state index contributed by atoms with van der Waals surface area (Å²) in [6.45, 7) is 1.97. The van der Waals surface area contributed by atoms with Crippen LogP contribution in [0.5, 0.6) is 0 Å². The van der Waals surface area contributed by atoms with Gasteiger partial charge in [-0.1, -0.05) is 12.1 Å². The Balaban J connectivity index is 1.28. The number of rotatable bonds is 6. The van der Waals surface area contributed by atoms with Crippen LogP contribution in [0.4, 0.5) is 5.69 Å². The van der Waals surface area contributed by atoms with E-state index in [0.717, 1.165) is 39.2 Å². The third-order valence-electron chi connectivity index (χ3n) is 5.48. The van der Waals surface area contributed by atoms with E-state index >= 15 is 0 Å². The molecule has 1 N–H and O–H groups in total. The zero-order valence-electron chi connectivity index (χ0n) is 17.8. The molecule has 6 heteroatoms. The lowest BCUT2D eigenvalue weighted by Crippen LogP contribution is -2.07. The number of nitrogens with zero attached hydrogens (tertiary/aromatic N) is 4. The highest BCUT2D eigenvalue weighted by molar-refractivity contribution is 6.02. The Labute approximate surface area is 186 Å². The predicted molar refractivity (Wildman–Crippen MR) is 126 cm³/mol. The number of benzene rings is 1. The Hall–Kier alpha value is -4.06. The molecule has 0 unspecified atom stereocenters. The minimum Gasteiger partial charge on any atom is -0.323 e. The fraction of sp³-hybridized carbons (Fsp3) is 0.154. The molecule has 3 aromatic heterocycles. The zero-order chi connectivity index (χ0) is 21.9. The zero-order valence-corrected chi connectivity index (χ0v) is 17.8. The van der Waals surface area contributed by atoms with Gasteiger partial charge in [-0.05, 0) is 72.9 Å². The summed E-state index contributed by atoms with van der Waals surface area (Å²) >= 11 is 0. The Morgan fingerprint density at radius 1 is 1.03 bits per heavy atom. The second-order valence-electron chi connectivity index (χ2n) is 7.99. The summed E-state index contributed by atoms with van der Waals surface area (Å²) in [6.07, 6.45) is 15.0. The molecule has 0 radical (unpaired) electrons. The summed E-state index contributed by atoms with van der Waals surface area (Å²) in [5.41, 5.74) is 6.81. The third kappa shape index (κ3) is 4.49. The molecule has 1 aliphatic carbocycles. The Bertz CT molecular complexity index is 1290. The number of pyridine rings is 2. The minimum atomic E-state index is -0.194. The molecule has 1 amide bonds. The number of hydrogen-bond donors (Lipinski definition) is 1. The van der Waals surface area contributed by atoms with Gasteiger partial charge in [-0.25, -0.2) is 0 Å². The molecule has 1 fully saturated rings. The topological polar surface area (TPSA) is 72.7 Å². The van der Waals surface area contributed by atoms with Crippen LogP contribution in [-0.4, -0.2) is 25.7 Å². The molecule has 0 aliphatic heterocycles. The molecule has 6 nitrogen and oxygen atoms in total. The second-order valence-corrected chi connectivity index (χ2v) is 7.99. The van der Waals surface area contributed by atoms with E-state index in [4.69, 9.17) is 0 Å². The molecule has 0 bridgehead atoms. The van der Waals surface area contributed by atoms with E-state index in [1.807, 2.05) is 60.3 Å². The lowest BCUT2D eigenvalue weighted by molar-refractivity contribution is -0.111. The van der Waals surface area contributed by atoms with Gasteiger partial charge in [0.25, 0.3) is 0 Å². The molecule has 5 rings (SSSR count). The first-order chi connectivity index (χ1) is 15.7. The lowest BCUT2D eigenvalue weighted by atomic mass is 10.0. The van der Waals surface area contributed by atoms with Crippen LogP contribution in [0.3, 0.4) is 0 Å². The van der Waals surface area contributed by atoms with Crippen LogP contribution in [0.2, 0.25) is 0 Å². The largest absolute Gasteiger partial charge is 0.323 e. The van der Waals surface area contributed by atoms with Crippen molar-refractivity contribution in [1.82, 2.24) is 19.7 Å². The van der Waals surface area contributed by atoms with Gasteiger partial charge in [-0.2, -0.15) is 5.10 Å². The van der Waals surface area contributed by atoms with Crippen LogP contribution in [0.1, 0.15) is 30.1 Å². The Kier molecular flexibility index (Phi) is 5.34. The molecule has 0 atom stereocenters. The molecule has 1 aromatic carbocycles. The number of hydrogen-bond acceptors (Lipinski definition) is 4. The van der Waals surface area contributed by atoms with E-state index in [9.17, 15) is 4.79 Å². The smallest absolute Gasteiger partial charge is 0.248 e. The summed E-state index contributed by atoms with van der Waals surface area (Å²) < 4.78 is 2.02. The van der Waals surface area contributed by atoms with Gasteiger partial charge >= 0.3 is 0 Å². The molecule has 1 saturated carbocycles. The van der Waals surface area contributed by atoms with Gasteiger partial charge in [0.15, 0.2) is 0 Å². The molecule has 158 valence electrons. The van der Waals surface area contributed by atoms with Crippen LogP contribution in [0.15, 0.2) is 79.5 Å². The van der Waals surface area contributed by atoms with Gasteiger partial charge in [0.05, 0.1) is 12.2 Å². The van der Waals surface area contributed by atoms with Crippen molar-refractivity contribution < 1.29 is 4.79 Å². The minimum absolute atomic E-state index is 0.194. The number of anilines is 1. The first-order valence-electron chi connectivity index (χ1n) is 10.7. The van der Waals surface area contributed by atoms with Crippen molar-refractivity contribution in [3.63, 3.8) is 0 Å². The fourth-order valence-electron chi connectivity index (χ4n) is 3.64. The van der Waals surface area contributed by atoms with E-state index in [1.165, 1.54) is 18.9 Å². The number of nitrogens with one attached hydrogen (secondary N) is 1. The van der Waals surface area contributed by atoms with Crippen molar-refractivity contribution in [2.45, 2.75) is 25.8 Å². The van der Waals surface area contributed by atoms with Gasteiger partial charge in [0.1, 0.15) is 0 Å². The molecule has 3 heterocycles. The van der Waals surface area contributed by atoms with Crippen LogP contribution < -0.4 is 5.32 Å². The SMILES string of the molecule is Cc1cc(-c2ccc(NC(=O)C=Cc3cnccc3-c3cnn(C4CC4)c3)cc2)ccn1. The maximum absolute atomic E-state index is 12.5. The summed E-state index contributed by atoms with van der Waals surface area (Å²) in [5, 5.41) is 7.38. The van der Waals surface area contributed by atoms with Crippen LogP contribution in [-0.2, 0) is 4.79 Å². The number of carbonyl (C=O) groups excluding carboxylic acids is 1. The number of aryl methyl sites for hydroxylation is 1. The standard InChI is InChI=1S/C26H23N5O/c1-18-14-20(10-13-28-18)19-2-5-23(6-3-19)30-26(32)9-4-21-15-27-12-11-25(21)22-16-29-31(17-22)24-7-8-24/h2-6,9-17,24H,7-8H2,1H3,(H,30,32). The third-order valence-corrected chi connectivity index (χ3v) is 5.48. The number of aromatic nitrogens is 4. The van der Waals surface area contributed by atoms with Crippen LogP contribution in [0.25, 0.3) is 28.3 Å². The molecule has 0 saturated heterocycles. The quantitative estimate of drug-likeness (QED) is 0.429. The van der Waals surface area contributed by atoms with Gasteiger partial charge in [0.2, 0.25) is 5.91 Å². The van der Waals surface area contributed by atoms with Crippen molar-refractivity contribution in [1.29, 1.82) is 0 Å². The van der Waals surface area contributed by atoms with E-state index in [0.29, 0.717) is 6.04 Å². The fourth-order valence-corrected chi connectivity index (χ4v) is 3.64. The number of carbonyl (C=O) groups is 1. The lowest BCUT2D eigenvalue weighted by Gasteiger charge is -2.06. The Morgan fingerprint density at radius 3 is 2.66 bits per heavy atom. The summed E-state index contributed by atoms with van der Waals surface area (Å²) in [7, 11) is 0. The van der Waals surface area contributed by atoms with Gasteiger partial charge in [-0.15, -0.1) is 0 Å². The normalized spacial score (nSPS) is 13.4. The first kappa shape index (κ1) is 19.9. The maximum atomic E-state index is 12.5. The van der Waals surface area contributed by atoms with Crippen LogP contribution >= 0.6 is 0 Å². The van der Waals surface area contributed by atoms with Crippen molar-refractivity contribution in [3.05, 3.63) is 90.8 Å². The highest BCUT2D eigenvalue weighted by atomic mass is 16.1. The molecular formula is C26H23N5O. The van der Waals surface area contributed by atoms with E-state index in [2.05, 4.69) is 26.6 Å². The molecule has 0 spiro atoms. The number of amides is 1. The van der Waals surface area contributed by atoms with E-state index in [-0.39, 0.29) is 5.91 Å². The van der Waals surface area contributed by atoms with E-state index in [1.54, 1.807) is 24.7 Å². The molecule has 4 aromatic rings. The van der Waals surface area contributed by atoms with Crippen molar-refractivity contribution in [2.75, 3.05) is 5.32 Å². The van der Waals surface area contributed by atoms with Gasteiger partial charge in [0, 0.05) is 53.4 Å². The highest BCUT2D eigenvalue weighted by Gasteiger charge is 2.24. The van der Waals surface area contributed by atoms with Gasteiger partial charge in [-0.3, -0.25) is 19.4 Å². The highest BCUT2D eigenvalue weighted by Crippen LogP contribution is 2.35. The maximum Gasteiger partial charge on any atom is 0.248 e. The first-order valence-corrected chi connectivity index (χ1v) is 10.7. The second kappa shape index (κ2) is 8.59. The van der Waals surface area contributed by atoms with Crippen LogP contribution in [0, 0.1) is 6.92 Å². The average Bonchev–Trinajstić information content (AvgIpc) is 3.55.